The first-order valence-corrected chi connectivity index (χ1v) is 12.4. The van der Waals surface area contributed by atoms with Crippen LogP contribution in [0, 0.1) is 11.8 Å². The maximum atomic E-state index is 13.0. The number of carbonyl (C=O) groups is 5. The maximum Gasteiger partial charge on any atom is 0.326 e. The van der Waals surface area contributed by atoms with Crippen LogP contribution in [0.4, 0.5) is 0 Å². The fourth-order valence-corrected chi connectivity index (χ4v) is 3.40. The minimum atomic E-state index is -1.15. The standard InChI is InChI=1S/C21H39N5O6S/c1-6-12(4)17(20(30)24-14(21(31)32)9-10-33-5)26-19(29)16(11(2)3)25-18(28)13(22)7-8-15(23)27/h11-14,16-17H,6-10,22H2,1-5H3,(H2,23,27)(H,24,30)(H,25,28)(H,26,29)(H,31,32). The SMILES string of the molecule is CCC(C)C(NC(=O)C(NC(=O)C(N)CCC(N)=O)C(C)C)C(=O)NC(CCSC)C(=O)O. The van der Waals surface area contributed by atoms with E-state index in [0.717, 1.165) is 0 Å². The summed E-state index contributed by atoms with van der Waals surface area (Å²) < 4.78 is 0. The van der Waals surface area contributed by atoms with Crippen LogP contribution in [0.25, 0.3) is 0 Å². The van der Waals surface area contributed by atoms with Gasteiger partial charge in [-0.25, -0.2) is 4.79 Å². The lowest BCUT2D eigenvalue weighted by Gasteiger charge is -2.29. The van der Waals surface area contributed by atoms with Gasteiger partial charge in [0.25, 0.3) is 0 Å². The molecule has 0 rings (SSSR count). The predicted molar refractivity (Wildman–Crippen MR) is 127 cm³/mol. The van der Waals surface area contributed by atoms with E-state index in [1.54, 1.807) is 20.8 Å². The molecule has 5 atom stereocenters. The van der Waals surface area contributed by atoms with Crippen molar-refractivity contribution in [3.05, 3.63) is 0 Å². The molecule has 33 heavy (non-hydrogen) atoms. The molecule has 0 heterocycles. The van der Waals surface area contributed by atoms with Gasteiger partial charge in [-0.15, -0.1) is 0 Å². The summed E-state index contributed by atoms with van der Waals surface area (Å²) in [7, 11) is 0. The number of carboxylic acid groups (broad SMARTS) is 1. The summed E-state index contributed by atoms with van der Waals surface area (Å²) in [6, 6.07) is -4.06. The van der Waals surface area contributed by atoms with Crippen molar-refractivity contribution in [3.63, 3.8) is 0 Å². The smallest absolute Gasteiger partial charge is 0.326 e. The maximum absolute atomic E-state index is 13.0. The summed E-state index contributed by atoms with van der Waals surface area (Å²) >= 11 is 1.46. The van der Waals surface area contributed by atoms with Crippen molar-refractivity contribution < 1.29 is 29.1 Å². The third-order valence-corrected chi connectivity index (χ3v) is 5.95. The minimum Gasteiger partial charge on any atom is -0.480 e. The number of thioether (sulfide) groups is 1. The summed E-state index contributed by atoms with van der Waals surface area (Å²) in [6.07, 6.45) is 2.61. The van der Waals surface area contributed by atoms with Gasteiger partial charge in [0.15, 0.2) is 0 Å². The van der Waals surface area contributed by atoms with Gasteiger partial charge < -0.3 is 32.5 Å². The molecule has 0 aliphatic rings. The molecule has 0 spiro atoms. The number of hydrogen-bond acceptors (Lipinski definition) is 7. The Morgan fingerprint density at radius 2 is 1.45 bits per heavy atom. The Morgan fingerprint density at radius 1 is 0.909 bits per heavy atom. The van der Waals surface area contributed by atoms with Crippen LogP contribution in [0.3, 0.4) is 0 Å². The highest BCUT2D eigenvalue weighted by Gasteiger charge is 2.33. The number of rotatable bonds is 16. The zero-order valence-electron chi connectivity index (χ0n) is 20.1. The molecule has 11 nitrogen and oxygen atoms in total. The van der Waals surface area contributed by atoms with Crippen molar-refractivity contribution in [2.24, 2.45) is 23.3 Å². The molecule has 0 aromatic heterocycles. The Kier molecular flexibility index (Phi) is 14.4. The molecular weight excluding hydrogens is 450 g/mol. The van der Waals surface area contributed by atoms with E-state index in [-0.39, 0.29) is 31.1 Å². The van der Waals surface area contributed by atoms with Gasteiger partial charge in [-0.3, -0.25) is 19.2 Å². The Balaban J connectivity index is 5.41. The van der Waals surface area contributed by atoms with E-state index < -0.39 is 53.8 Å². The van der Waals surface area contributed by atoms with Crippen LogP contribution in [0.1, 0.15) is 53.4 Å². The quantitative estimate of drug-likeness (QED) is 0.168. The Morgan fingerprint density at radius 3 is 1.91 bits per heavy atom. The van der Waals surface area contributed by atoms with E-state index in [4.69, 9.17) is 11.5 Å². The molecule has 0 aromatic carbocycles. The third kappa shape index (κ3) is 11.4. The fourth-order valence-electron chi connectivity index (χ4n) is 2.92. The molecule has 8 N–H and O–H groups in total. The van der Waals surface area contributed by atoms with Gasteiger partial charge in [-0.2, -0.15) is 11.8 Å². The van der Waals surface area contributed by atoms with E-state index in [0.29, 0.717) is 12.2 Å². The number of nitrogens with two attached hydrogens (primary N) is 2. The number of primary amides is 1. The van der Waals surface area contributed by atoms with Crippen LogP contribution in [0.5, 0.6) is 0 Å². The van der Waals surface area contributed by atoms with Crippen molar-refractivity contribution in [1.29, 1.82) is 0 Å². The molecule has 0 fully saturated rings. The van der Waals surface area contributed by atoms with Crippen LogP contribution < -0.4 is 27.4 Å². The van der Waals surface area contributed by atoms with Gasteiger partial charge in [0, 0.05) is 6.42 Å². The van der Waals surface area contributed by atoms with Crippen molar-refractivity contribution >= 4 is 41.4 Å². The molecule has 0 bridgehead atoms. The second-order valence-electron chi connectivity index (χ2n) is 8.39. The first-order valence-electron chi connectivity index (χ1n) is 11.0. The lowest BCUT2D eigenvalue weighted by molar-refractivity contribution is -0.142. The number of aliphatic carboxylic acids is 1. The van der Waals surface area contributed by atoms with E-state index >= 15 is 0 Å². The van der Waals surface area contributed by atoms with E-state index in [9.17, 15) is 29.1 Å². The number of nitrogens with one attached hydrogen (secondary N) is 3. The summed E-state index contributed by atoms with van der Waals surface area (Å²) in [4.78, 5) is 60.7. The average Bonchev–Trinajstić information content (AvgIpc) is 2.75. The van der Waals surface area contributed by atoms with Gasteiger partial charge in [0.2, 0.25) is 23.6 Å². The molecule has 190 valence electrons. The second-order valence-corrected chi connectivity index (χ2v) is 9.38. The zero-order valence-corrected chi connectivity index (χ0v) is 20.9. The average molecular weight is 490 g/mol. The molecule has 4 amide bonds. The topological polar surface area (TPSA) is 194 Å². The Bertz CT molecular complexity index is 690. The van der Waals surface area contributed by atoms with Gasteiger partial charge in [0.05, 0.1) is 6.04 Å². The van der Waals surface area contributed by atoms with Gasteiger partial charge in [-0.1, -0.05) is 34.1 Å². The number of amides is 4. The minimum absolute atomic E-state index is 0.0398. The molecule has 12 heteroatoms. The Labute approximate surface area is 199 Å². The van der Waals surface area contributed by atoms with Crippen molar-refractivity contribution in [2.45, 2.75) is 77.5 Å². The number of hydrogen-bond donors (Lipinski definition) is 6. The van der Waals surface area contributed by atoms with Crippen molar-refractivity contribution in [1.82, 2.24) is 16.0 Å². The molecule has 0 saturated carbocycles. The summed E-state index contributed by atoms with van der Waals surface area (Å²) in [5.41, 5.74) is 10.9. The molecule has 0 aliphatic carbocycles. The molecule has 0 aliphatic heterocycles. The first-order chi connectivity index (χ1) is 15.3. The van der Waals surface area contributed by atoms with Crippen molar-refractivity contribution in [2.75, 3.05) is 12.0 Å². The normalized spacial score (nSPS) is 15.6. The van der Waals surface area contributed by atoms with Crippen LogP contribution in [0.2, 0.25) is 0 Å². The summed E-state index contributed by atoms with van der Waals surface area (Å²) in [6.45, 7) is 7.06. The zero-order chi connectivity index (χ0) is 25.7. The van der Waals surface area contributed by atoms with Crippen LogP contribution in [-0.4, -0.2) is 70.9 Å². The monoisotopic (exact) mass is 489 g/mol. The lowest BCUT2D eigenvalue weighted by Crippen LogP contribution is -2.59. The van der Waals surface area contributed by atoms with E-state index in [2.05, 4.69) is 16.0 Å². The predicted octanol–water partition coefficient (Wildman–Crippen LogP) is -0.427. The Hall–Kier alpha value is -2.34. The summed E-state index contributed by atoms with van der Waals surface area (Å²) in [5, 5.41) is 17.1. The molecule has 0 radical (unpaired) electrons. The van der Waals surface area contributed by atoms with Gasteiger partial charge >= 0.3 is 5.97 Å². The highest BCUT2D eigenvalue weighted by molar-refractivity contribution is 7.98. The largest absolute Gasteiger partial charge is 0.480 e. The van der Waals surface area contributed by atoms with Crippen LogP contribution >= 0.6 is 11.8 Å². The lowest BCUT2D eigenvalue weighted by atomic mass is 9.96. The first kappa shape index (κ1) is 30.7. The highest BCUT2D eigenvalue weighted by atomic mass is 32.2. The molecule has 0 aromatic rings. The molecule has 5 unspecified atom stereocenters. The highest BCUT2D eigenvalue weighted by Crippen LogP contribution is 2.12. The van der Waals surface area contributed by atoms with Crippen molar-refractivity contribution in [3.8, 4) is 0 Å². The third-order valence-electron chi connectivity index (χ3n) is 5.30. The van der Waals surface area contributed by atoms with Gasteiger partial charge in [0.1, 0.15) is 18.1 Å². The van der Waals surface area contributed by atoms with E-state index in [1.807, 2.05) is 13.2 Å². The second kappa shape index (κ2) is 15.5. The summed E-state index contributed by atoms with van der Waals surface area (Å²) in [5.74, 6) is -3.60. The molecule has 0 saturated heterocycles. The van der Waals surface area contributed by atoms with Gasteiger partial charge in [-0.05, 0) is 36.7 Å². The molecular formula is C21H39N5O6S. The van der Waals surface area contributed by atoms with Crippen LogP contribution in [0.15, 0.2) is 0 Å². The number of carbonyl (C=O) groups excluding carboxylic acids is 4. The number of carboxylic acids is 1. The fraction of sp³-hybridized carbons (Fsp3) is 0.762. The van der Waals surface area contributed by atoms with Crippen LogP contribution in [-0.2, 0) is 24.0 Å². The van der Waals surface area contributed by atoms with E-state index in [1.165, 1.54) is 11.8 Å².